The van der Waals surface area contributed by atoms with E-state index in [1.54, 1.807) is 7.11 Å². The lowest BCUT2D eigenvalue weighted by atomic mass is 9.92. The van der Waals surface area contributed by atoms with Crippen LogP contribution in [0.15, 0.2) is 22.7 Å². The summed E-state index contributed by atoms with van der Waals surface area (Å²) in [6, 6.07) is 6.10. The zero-order chi connectivity index (χ0) is 13.0. The quantitative estimate of drug-likeness (QED) is 0.926. The van der Waals surface area contributed by atoms with Crippen LogP contribution in [-0.2, 0) is 11.3 Å². The number of nitrogens with one attached hydrogen (secondary N) is 1. The highest BCUT2D eigenvalue weighted by atomic mass is 79.9. The van der Waals surface area contributed by atoms with Gasteiger partial charge in [0.15, 0.2) is 0 Å². The van der Waals surface area contributed by atoms with Gasteiger partial charge in [0, 0.05) is 35.3 Å². The molecule has 0 bridgehead atoms. The molecule has 0 aromatic heterocycles. The summed E-state index contributed by atoms with van der Waals surface area (Å²) >= 11 is 3.50. The van der Waals surface area contributed by atoms with Crippen molar-refractivity contribution in [2.75, 3.05) is 20.3 Å². The van der Waals surface area contributed by atoms with Crippen molar-refractivity contribution in [2.45, 2.75) is 31.8 Å². The third-order valence-electron chi connectivity index (χ3n) is 3.54. The first-order valence-electron chi connectivity index (χ1n) is 6.28. The Labute approximate surface area is 117 Å². The Kier molecular flexibility index (Phi) is 4.65. The first kappa shape index (κ1) is 13.8. The smallest absolute Gasteiger partial charge is 0.123 e. The van der Waals surface area contributed by atoms with E-state index in [1.807, 2.05) is 12.1 Å². The molecule has 0 radical (unpaired) electrons. The molecule has 2 rings (SSSR count). The van der Waals surface area contributed by atoms with E-state index >= 15 is 0 Å². The molecule has 0 atom stereocenters. The van der Waals surface area contributed by atoms with E-state index in [4.69, 9.17) is 9.47 Å². The molecule has 100 valence electrons. The SMILES string of the molecule is COc1ccc(Br)cc1CNC1(C)CCOCC1. The van der Waals surface area contributed by atoms with Crippen LogP contribution in [0.4, 0.5) is 0 Å². The van der Waals surface area contributed by atoms with Crippen LogP contribution in [0.1, 0.15) is 25.3 Å². The van der Waals surface area contributed by atoms with Crippen molar-refractivity contribution in [1.29, 1.82) is 0 Å². The summed E-state index contributed by atoms with van der Waals surface area (Å²) < 4.78 is 11.9. The highest BCUT2D eigenvalue weighted by Crippen LogP contribution is 2.25. The molecule has 3 nitrogen and oxygen atoms in total. The van der Waals surface area contributed by atoms with Gasteiger partial charge in [0.2, 0.25) is 0 Å². The Hall–Kier alpha value is -0.580. The summed E-state index contributed by atoms with van der Waals surface area (Å²) in [5.74, 6) is 0.932. The molecule has 1 N–H and O–H groups in total. The normalized spacial score (nSPS) is 18.6. The summed E-state index contributed by atoms with van der Waals surface area (Å²) in [5, 5.41) is 3.64. The van der Waals surface area contributed by atoms with Crippen LogP contribution < -0.4 is 10.1 Å². The fraction of sp³-hybridized carbons (Fsp3) is 0.571. The van der Waals surface area contributed by atoms with E-state index in [9.17, 15) is 0 Å². The Morgan fingerprint density at radius 2 is 2.11 bits per heavy atom. The van der Waals surface area contributed by atoms with Gasteiger partial charge in [0.05, 0.1) is 7.11 Å². The third-order valence-corrected chi connectivity index (χ3v) is 4.04. The van der Waals surface area contributed by atoms with Gasteiger partial charge in [-0.1, -0.05) is 15.9 Å². The Balaban J connectivity index is 2.02. The molecule has 1 saturated heterocycles. The van der Waals surface area contributed by atoms with Gasteiger partial charge in [0.1, 0.15) is 5.75 Å². The molecule has 0 spiro atoms. The van der Waals surface area contributed by atoms with Crippen molar-refractivity contribution in [3.8, 4) is 5.75 Å². The second-order valence-electron chi connectivity index (χ2n) is 4.98. The molecule has 18 heavy (non-hydrogen) atoms. The van der Waals surface area contributed by atoms with Crippen molar-refractivity contribution < 1.29 is 9.47 Å². The van der Waals surface area contributed by atoms with Gasteiger partial charge in [-0.2, -0.15) is 0 Å². The van der Waals surface area contributed by atoms with E-state index in [0.29, 0.717) is 0 Å². The molecule has 1 aromatic carbocycles. The molecule has 4 heteroatoms. The summed E-state index contributed by atoms with van der Waals surface area (Å²) in [6.45, 7) is 4.78. The lowest BCUT2D eigenvalue weighted by Gasteiger charge is -2.34. The number of halogens is 1. The molecule has 1 aliphatic heterocycles. The number of methoxy groups -OCH3 is 1. The summed E-state index contributed by atoms with van der Waals surface area (Å²) in [5.41, 5.74) is 1.35. The maximum Gasteiger partial charge on any atom is 0.123 e. The molecular formula is C14H20BrNO2. The summed E-state index contributed by atoms with van der Waals surface area (Å²) in [7, 11) is 1.71. The van der Waals surface area contributed by atoms with Crippen LogP contribution in [0.5, 0.6) is 5.75 Å². The van der Waals surface area contributed by atoms with Gasteiger partial charge >= 0.3 is 0 Å². The predicted molar refractivity (Wildman–Crippen MR) is 76.0 cm³/mol. The molecule has 0 saturated carbocycles. The van der Waals surface area contributed by atoms with Gasteiger partial charge in [-0.15, -0.1) is 0 Å². The average Bonchev–Trinajstić information content (AvgIpc) is 2.38. The van der Waals surface area contributed by atoms with Crippen LogP contribution in [0.2, 0.25) is 0 Å². The molecule has 1 aromatic rings. The van der Waals surface area contributed by atoms with Gasteiger partial charge in [-0.3, -0.25) is 0 Å². The van der Waals surface area contributed by atoms with Gasteiger partial charge in [0.25, 0.3) is 0 Å². The molecule has 1 heterocycles. The Morgan fingerprint density at radius 1 is 1.39 bits per heavy atom. The zero-order valence-electron chi connectivity index (χ0n) is 11.0. The molecule has 0 amide bonds. The van der Waals surface area contributed by atoms with E-state index in [0.717, 1.165) is 42.8 Å². The second kappa shape index (κ2) is 6.04. The number of benzene rings is 1. The average molecular weight is 314 g/mol. The highest BCUT2D eigenvalue weighted by molar-refractivity contribution is 9.10. The first-order chi connectivity index (χ1) is 8.63. The van der Waals surface area contributed by atoms with Crippen molar-refractivity contribution in [3.63, 3.8) is 0 Å². The standard InChI is InChI=1S/C14H20BrNO2/c1-14(5-7-18-8-6-14)16-10-11-9-12(15)3-4-13(11)17-2/h3-4,9,16H,5-8,10H2,1-2H3. The molecule has 1 fully saturated rings. The van der Waals surface area contributed by atoms with Crippen LogP contribution in [0, 0.1) is 0 Å². The third kappa shape index (κ3) is 3.46. The van der Waals surface area contributed by atoms with Crippen molar-refractivity contribution >= 4 is 15.9 Å². The predicted octanol–water partition coefficient (Wildman–Crippen LogP) is 3.12. The van der Waals surface area contributed by atoms with Gasteiger partial charge in [-0.25, -0.2) is 0 Å². The van der Waals surface area contributed by atoms with E-state index in [1.165, 1.54) is 5.56 Å². The number of hydrogen-bond acceptors (Lipinski definition) is 3. The summed E-state index contributed by atoms with van der Waals surface area (Å²) in [4.78, 5) is 0. The van der Waals surface area contributed by atoms with Crippen molar-refractivity contribution in [2.24, 2.45) is 0 Å². The second-order valence-corrected chi connectivity index (χ2v) is 5.90. The fourth-order valence-corrected chi connectivity index (χ4v) is 2.60. The van der Waals surface area contributed by atoms with Crippen molar-refractivity contribution in [1.82, 2.24) is 5.32 Å². The summed E-state index contributed by atoms with van der Waals surface area (Å²) in [6.07, 6.45) is 2.12. The van der Waals surface area contributed by atoms with Crippen molar-refractivity contribution in [3.05, 3.63) is 28.2 Å². The fourth-order valence-electron chi connectivity index (χ4n) is 2.19. The Morgan fingerprint density at radius 3 is 2.78 bits per heavy atom. The van der Waals surface area contributed by atoms with E-state index in [2.05, 4.69) is 34.2 Å². The molecule has 0 aliphatic carbocycles. The van der Waals surface area contributed by atoms with E-state index in [-0.39, 0.29) is 5.54 Å². The molecular weight excluding hydrogens is 294 g/mol. The van der Waals surface area contributed by atoms with Crippen LogP contribution >= 0.6 is 15.9 Å². The Bertz CT molecular complexity index is 403. The minimum absolute atomic E-state index is 0.172. The van der Waals surface area contributed by atoms with Gasteiger partial charge < -0.3 is 14.8 Å². The van der Waals surface area contributed by atoms with Gasteiger partial charge in [-0.05, 0) is 38.0 Å². The van der Waals surface area contributed by atoms with Crippen LogP contribution in [-0.4, -0.2) is 25.9 Å². The topological polar surface area (TPSA) is 30.5 Å². The molecule has 0 unspecified atom stereocenters. The number of rotatable bonds is 4. The minimum atomic E-state index is 0.172. The minimum Gasteiger partial charge on any atom is -0.496 e. The first-order valence-corrected chi connectivity index (χ1v) is 7.07. The lowest BCUT2D eigenvalue weighted by Crippen LogP contribution is -2.46. The monoisotopic (exact) mass is 313 g/mol. The highest BCUT2D eigenvalue weighted by Gasteiger charge is 2.26. The maximum absolute atomic E-state index is 5.41. The van der Waals surface area contributed by atoms with Crippen LogP contribution in [0.3, 0.4) is 0 Å². The largest absolute Gasteiger partial charge is 0.496 e. The number of ether oxygens (including phenoxy) is 2. The maximum atomic E-state index is 5.41. The lowest BCUT2D eigenvalue weighted by molar-refractivity contribution is 0.0445. The number of hydrogen-bond donors (Lipinski definition) is 1. The van der Waals surface area contributed by atoms with E-state index < -0.39 is 0 Å². The van der Waals surface area contributed by atoms with Crippen LogP contribution in [0.25, 0.3) is 0 Å². The molecule has 1 aliphatic rings. The zero-order valence-corrected chi connectivity index (χ0v) is 12.5.